The Morgan fingerprint density at radius 2 is 2.08 bits per heavy atom. The third kappa shape index (κ3) is 6.34. The summed E-state index contributed by atoms with van der Waals surface area (Å²) in [5.41, 5.74) is -0.852. The summed E-state index contributed by atoms with van der Waals surface area (Å²) in [7, 11) is -2.94. The zero-order chi connectivity index (χ0) is 9.78. The maximum Gasteiger partial charge on any atom is 0.316 e. The first-order valence-electron chi connectivity index (χ1n) is 3.39. The van der Waals surface area contributed by atoms with E-state index in [9.17, 15) is 9.36 Å². The van der Waals surface area contributed by atoms with Gasteiger partial charge in [-0.3, -0.25) is 9.36 Å². The summed E-state index contributed by atoms with van der Waals surface area (Å²) < 4.78 is 19.4. The van der Waals surface area contributed by atoms with Gasteiger partial charge in [-0.1, -0.05) is 0 Å². The lowest BCUT2D eigenvalue weighted by molar-refractivity contribution is -0.156. The minimum Gasteiger partial charge on any atom is -0.457 e. The molecule has 12 heavy (non-hydrogen) atoms. The minimum absolute atomic E-state index is 0.0825. The molecule has 1 N–H and O–H groups in total. The average Bonchev–Trinajstić information content (AvgIpc) is 1.81. The second kappa shape index (κ2) is 4.60. The molecule has 0 saturated carbocycles. The van der Waals surface area contributed by atoms with Crippen molar-refractivity contribution in [3.8, 4) is 0 Å². The highest BCUT2D eigenvalue weighted by Crippen LogP contribution is 2.20. The smallest absolute Gasteiger partial charge is 0.316 e. The number of hydrogen-bond acceptors (Lipinski definition) is 4. The molecule has 0 rings (SSSR count). The van der Waals surface area contributed by atoms with Gasteiger partial charge in [0.25, 0.3) is 0 Å². The standard InChI is InChI=1S/C6H13O5P/c1-5(7)11-6(2,3)4-10-12(8)9/h12H,4H2,1-3H3,(H,8,9). The van der Waals surface area contributed by atoms with Gasteiger partial charge in [-0.2, -0.15) is 0 Å². The zero-order valence-electron chi connectivity index (χ0n) is 7.29. The van der Waals surface area contributed by atoms with Crippen LogP contribution < -0.4 is 0 Å². The maximum absolute atomic E-state index is 10.5. The highest BCUT2D eigenvalue weighted by molar-refractivity contribution is 7.32. The van der Waals surface area contributed by atoms with Gasteiger partial charge in [-0.15, -0.1) is 0 Å². The van der Waals surface area contributed by atoms with Crippen molar-refractivity contribution in [1.29, 1.82) is 0 Å². The Morgan fingerprint density at radius 1 is 1.58 bits per heavy atom. The summed E-state index contributed by atoms with van der Waals surface area (Å²) in [5.74, 6) is -0.443. The summed E-state index contributed by atoms with van der Waals surface area (Å²) >= 11 is 0. The van der Waals surface area contributed by atoms with E-state index in [1.807, 2.05) is 0 Å². The van der Waals surface area contributed by atoms with E-state index < -0.39 is 19.8 Å². The summed E-state index contributed by atoms with van der Waals surface area (Å²) in [6.45, 7) is 4.38. The predicted octanol–water partition coefficient (Wildman–Crippen LogP) is 0.727. The molecule has 0 aromatic heterocycles. The molecule has 0 radical (unpaired) electrons. The van der Waals surface area contributed by atoms with E-state index in [4.69, 9.17) is 9.63 Å². The molecule has 0 aromatic carbocycles. The van der Waals surface area contributed by atoms with E-state index in [-0.39, 0.29) is 6.61 Å². The van der Waals surface area contributed by atoms with Crippen LogP contribution in [0.2, 0.25) is 0 Å². The second-order valence-electron chi connectivity index (χ2n) is 2.91. The molecule has 0 spiro atoms. The van der Waals surface area contributed by atoms with Crippen LogP contribution in [-0.4, -0.2) is 23.1 Å². The van der Waals surface area contributed by atoms with Gasteiger partial charge < -0.3 is 14.2 Å². The van der Waals surface area contributed by atoms with Gasteiger partial charge in [-0.25, -0.2) is 0 Å². The van der Waals surface area contributed by atoms with Crippen LogP contribution in [0, 0.1) is 0 Å². The van der Waals surface area contributed by atoms with Crippen molar-refractivity contribution in [1.82, 2.24) is 0 Å². The first kappa shape index (κ1) is 11.6. The van der Waals surface area contributed by atoms with Crippen molar-refractivity contribution in [2.75, 3.05) is 6.61 Å². The van der Waals surface area contributed by atoms with Crippen molar-refractivity contribution in [2.24, 2.45) is 0 Å². The van der Waals surface area contributed by atoms with Crippen LogP contribution in [-0.2, 0) is 18.6 Å². The summed E-state index contributed by atoms with van der Waals surface area (Å²) in [6.07, 6.45) is 0. The van der Waals surface area contributed by atoms with Crippen LogP contribution in [0.25, 0.3) is 0 Å². The lowest BCUT2D eigenvalue weighted by Crippen LogP contribution is -2.31. The molecule has 1 unspecified atom stereocenters. The number of rotatable bonds is 4. The van der Waals surface area contributed by atoms with E-state index in [0.29, 0.717) is 0 Å². The number of esters is 1. The molecule has 0 fully saturated rings. The van der Waals surface area contributed by atoms with Crippen molar-refractivity contribution < 1.29 is 23.5 Å². The second-order valence-corrected chi connectivity index (χ2v) is 3.73. The third-order valence-corrected chi connectivity index (χ3v) is 1.35. The Hall–Kier alpha value is -0.380. The molecular weight excluding hydrogens is 183 g/mol. The quantitative estimate of drug-likeness (QED) is 0.530. The van der Waals surface area contributed by atoms with E-state index in [2.05, 4.69) is 4.52 Å². The fourth-order valence-corrected chi connectivity index (χ4v) is 1.13. The molecule has 6 heteroatoms. The molecule has 1 atom stereocenters. The van der Waals surface area contributed by atoms with Crippen molar-refractivity contribution >= 4 is 14.2 Å². The maximum atomic E-state index is 10.5. The van der Waals surface area contributed by atoms with E-state index >= 15 is 0 Å². The normalized spacial score (nSPS) is 14.0. The highest BCUT2D eigenvalue weighted by Gasteiger charge is 2.22. The van der Waals surface area contributed by atoms with Crippen molar-refractivity contribution in [3.05, 3.63) is 0 Å². The molecule has 0 amide bonds. The summed E-state index contributed by atoms with van der Waals surface area (Å²) in [6, 6.07) is 0. The lowest BCUT2D eigenvalue weighted by atomic mass is 10.1. The fourth-order valence-electron chi connectivity index (χ4n) is 0.654. The zero-order valence-corrected chi connectivity index (χ0v) is 8.29. The third-order valence-electron chi connectivity index (χ3n) is 0.963. The van der Waals surface area contributed by atoms with Gasteiger partial charge in [-0.05, 0) is 13.8 Å². The largest absolute Gasteiger partial charge is 0.457 e. The monoisotopic (exact) mass is 196 g/mol. The molecule has 0 heterocycles. The molecular formula is C6H13O5P. The number of hydrogen-bond donors (Lipinski definition) is 1. The lowest BCUT2D eigenvalue weighted by Gasteiger charge is -2.23. The Balaban J connectivity index is 3.86. The summed E-state index contributed by atoms with van der Waals surface area (Å²) in [5, 5.41) is 0. The molecule has 0 aliphatic rings. The number of ether oxygens (including phenoxy) is 1. The fraction of sp³-hybridized carbons (Fsp3) is 0.833. The predicted molar refractivity (Wildman–Crippen MR) is 43.0 cm³/mol. The van der Waals surface area contributed by atoms with Crippen LogP contribution in [0.5, 0.6) is 0 Å². The van der Waals surface area contributed by atoms with Crippen LogP contribution in [0.1, 0.15) is 20.8 Å². The molecule has 72 valence electrons. The topological polar surface area (TPSA) is 72.8 Å². The number of carbonyl (C=O) groups excluding carboxylic acids is 1. The van der Waals surface area contributed by atoms with E-state index in [1.165, 1.54) is 6.92 Å². The van der Waals surface area contributed by atoms with Gasteiger partial charge >= 0.3 is 14.2 Å². The van der Waals surface area contributed by atoms with Crippen molar-refractivity contribution in [3.63, 3.8) is 0 Å². The number of carbonyl (C=O) groups is 1. The van der Waals surface area contributed by atoms with Crippen LogP contribution in [0.3, 0.4) is 0 Å². The van der Waals surface area contributed by atoms with Gasteiger partial charge in [0.1, 0.15) is 5.60 Å². The van der Waals surface area contributed by atoms with Crippen LogP contribution in [0.15, 0.2) is 0 Å². The molecule has 5 nitrogen and oxygen atoms in total. The van der Waals surface area contributed by atoms with Gasteiger partial charge in [0.15, 0.2) is 0 Å². The summed E-state index contributed by atoms with van der Waals surface area (Å²) in [4.78, 5) is 18.8. The molecule has 0 saturated heterocycles. The van der Waals surface area contributed by atoms with Crippen molar-refractivity contribution in [2.45, 2.75) is 26.4 Å². The van der Waals surface area contributed by atoms with Gasteiger partial charge in [0.2, 0.25) is 0 Å². The first-order chi connectivity index (χ1) is 5.33. The Morgan fingerprint density at radius 3 is 2.42 bits per heavy atom. The van der Waals surface area contributed by atoms with E-state index in [0.717, 1.165) is 0 Å². The minimum atomic E-state index is -2.94. The SMILES string of the molecule is CC(=O)OC(C)(C)CO[PH](=O)O. The average molecular weight is 196 g/mol. The molecule has 0 aliphatic heterocycles. The van der Waals surface area contributed by atoms with Gasteiger partial charge in [0, 0.05) is 6.92 Å². The first-order valence-corrected chi connectivity index (χ1v) is 4.65. The van der Waals surface area contributed by atoms with E-state index in [1.54, 1.807) is 13.8 Å². The Kier molecular flexibility index (Phi) is 4.45. The Bertz CT molecular complexity index is 188. The van der Waals surface area contributed by atoms with Crippen LogP contribution >= 0.6 is 8.25 Å². The Labute approximate surface area is 71.6 Å². The highest BCUT2D eigenvalue weighted by atomic mass is 31.1. The van der Waals surface area contributed by atoms with Crippen LogP contribution in [0.4, 0.5) is 0 Å². The van der Waals surface area contributed by atoms with Gasteiger partial charge in [0.05, 0.1) is 6.61 Å². The molecule has 0 aromatic rings. The molecule has 0 aliphatic carbocycles. The molecule has 0 bridgehead atoms.